The maximum atomic E-state index is 13.6. The zero-order valence-electron chi connectivity index (χ0n) is 18.0. The van der Waals surface area contributed by atoms with E-state index in [0.717, 1.165) is 11.1 Å². The number of likely N-dealkylation sites (N-methyl/N-ethyl adjacent to an activating group) is 1. The Kier molecular flexibility index (Phi) is 6.98. The van der Waals surface area contributed by atoms with Gasteiger partial charge < -0.3 is 14.4 Å². The number of esters is 1. The molecule has 1 aliphatic rings. The minimum Gasteiger partial charge on any atom is -0.454 e. The van der Waals surface area contributed by atoms with Crippen LogP contribution in [0.1, 0.15) is 41.9 Å². The second kappa shape index (κ2) is 9.91. The number of hydrogen-bond donors (Lipinski definition) is 0. The molecule has 2 aromatic carbocycles. The Morgan fingerprint density at radius 3 is 2.06 bits per heavy atom. The van der Waals surface area contributed by atoms with Crippen LogP contribution in [0.5, 0.6) is 0 Å². The van der Waals surface area contributed by atoms with Crippen molar-refractivity contribution < 1.29 is 19.1 Å². The Labute approximate surface area is 202 Å². The van der Waals surface area contributed by atoms with Gasteiger partial charge in [0.25, 0.3) is 5.91 Å². The van der Waals surface area contributed by atoms with Gasteiger partial charge in [-0.05, 0) is 53.1 Å². The molecule has 4 atom stereocenters. The third-order valence-electron chi connectivity index (χ3n) is 5.60. The van der Waals surface area contributed by atoms with Gasteiger partial charge in [0.05, 0.1) is 6.04 Å². The van der Waals surface area contributed by atoms with Crippen LogP contribution in [-0.4, -0.2) is 34.9 Å². The predicted octanol–water partition coefficient (Wildman–Crippen LogP) is 5.33. The first-order valence-electron chi connectivity index (χ1n) is 10.4. The molecule has 170 valence electrons. The van der Waals surface area contributed by atoms with E-state index in [1.54, 1.807) is 60.7 Å². The highest BCUT2D eigenvalue weighted by Gasteiger charge is 2.47. The Hall–Kier alpha value is -2.93. The van der Waals surface area contributed by atoms with E-state index in [-0.39, 0.29) is 5.91 Å². The predicted molar refractivity (Wildman–Crippen MR) is 125 cm³/mol. The van der Waals surface area contributed by atoms with Gasteiger partial charge in [-0.2, -0.15) is 0 Å². The van der Waals surface area contributed by atoms with E-state index in [9.17, 15) is 9.59 Å². The highest BCUT2D eigenvalue weighted by Crippen LogP contribution is 2.44. The Morgan fingerprint density at radius 2 is 1.52 bits per heavy atom. The molecule has 4 unspecified atom stereocenters. The van der Waals surface area contributed by atoms with Gasteiger partial charge in [0.15, 0.2) is 12.2 Å². The van der Waals surface area contributed by atoms with Crippen molar-refractivity contribution in [1.29, 1.82) is 0 Å². The van der Waals surface area contributed by atoms with Crippen molar-refractivity contribution in [3.05, 3.63) is 99.8 Å². The molecule has 1 saturated heterocycles. The number of rotatable bonds is 5. The van der Waals surface area contributed by atoms with Crippen LogP contribution in [-0.2, 0) is 19.1 Å². The molecule has 33 heavy (non-hydrogen) atoms. The monoisotopic (exact) mass is 484 g/mol. The molecule has 1 aliphatic heterocycles. The summed E-state index contributed by atoms with van der Waals surface area (Å²) in [5, 5.41) is 1.19. The van der Waals surface area contributed by atoms with E-state index in [1.165, 1.54) is 6.92 Å². The van der Waals surface area contributed by atoms with Gasteiger partial charge in [-0.1, -0.05) is 47.5 Å². The lowest BCUT2D eigenvalue weighted by molar-refractivity contribution is -0.193. The van der Waals surface area contributed by atoms with E-state index in [0.29, 0.717) is 15.6 Å². The van der Waals surface area contributed by atoms with Crippen molar-refractivity contribution in [2.24, 2.45) is 0 Å². The molecule has 1 aromatic heterocycles. The average Bonchev–Trinajstić information content (AvgIpc) is 2.81. The van der Waals surface area contributed by atoms with Gasteiger partial charge in [-0.25, -0.2) is 0 Å². The zero-order chi connectivity index (χ0) is 23.5. The van der Waals surface area contributed by atoms with Crippen molar-refractivity contribution in [1.82, 2.24) is 9.88 Å². The summed E-state index contributed by atoms with van der Waals surface area (Å²) in [4.78, 5) is 31.1. The average molecular weight is 485 g/mol. The van der Waals surface area contributed by atoms with Crippen LogP contribution in [0.2, 0.25) is 10.0 Å². The highest BCUT2D eigenvalue weighted by molar-refractivity contribution is 6.30. The molecule has 0 N–H and O–H groups in total. The van der Waals surface area contributed by atoms with E-state index in [2.05, 4.69) is 4.98 Å². The molecule has 0 spiro atoms. The van der Waals surface area contributed by atoms with Crippen molar-refractivity contribution >= 4 is 35.1 Å². The third kappa shape index (κ3) is 5.03. The number of hydrogen-bond acceptors (Lipinski definition) is 5. The second-order valence-electron chi connectivity index (χ2n) is 7.78. The number of ether oxygens (including phenoxy) is 2. The number of carbonyl (C=O) groups is 2. The van der Waals surface area contributed by atoms with Crippen LogP contribution in [0.3, 0.4) is 0 Å². The number of halogens is 2. The largest absolute Gasteiger partial charge is 0.454 e. The van der Waals surface area contributed by atoms with Crippen LogP contribution >= 0.6 is 23.2 Å². The lowest BCUT2D eigenvalue weighted by atomic mass is 9.90. The maximum Gasteiger partial charge on any atom is 0.303 e. The van der Waals surface area contributed by atoms with Crippen LogP contribution in [0.25, 0.3) is 0 Å². The smallest absolute Gasteiger partial charge is 0.303 e. The summed E-state index contributed by atoms with van der Waals surface area (Å²) >= 11 is 12.2. The van der Waals surface area contributed by atoms with Gasteiger partial charge in [0.2, 0.25) is 0 Å². The molecule has 0 saturated carbocycles. The van der Waals surface area contributed by atoms with Gasteiger partial charge >= 0.3 is 5.97 Å². The lowest BCUT2D eigenvalue weighted by Gasteiger charge is -2.44. The fourth-order valence-corrected chi connectivity index (χ4v) is 4.29. The fourth-order valence-electron chi connectivity index (χ4n) is 4.04. The summed E-state index contributed by atoms with van der Waals surface area (Å²) < 4.78 is 12.0. The summed E-state index contributed by atoms with van der Waals surface area (Å²) in [5.41, 5.74) is 2.31. The van der Waals surface area contributed by atoms with E-state index >= 15 is 0 Å². The van der Waals surface area contributed by atoms with Gasteiger partial charge in [0, 0.05) is 36.4 Å². The number of nitrogens with zero attached hydrogens (tertiary/aromatic N) is 2. The second-order valence-corrected chi connectivity index (χ2v) is 8.66. The number of morpholine rings is 1. The van der Waals surface area contributed by atoms with Crippen LogP contribution < -0.4 is 0 Å². The summed E-state index contributed by atoms with van der Waals surface area (Å²) in [7, 11) is 1.72. The SMILES string of the molecule is CC(=O)OC(c1ccncc1)C1OC(c2ccc(Cl)cc2)C(c2ccc(Cl)cc2)N(C)C1=O. The van der Waals surface area contributed by atoms with E-state index in [4.69, 9.17) is 32.7 Å². The molecule has 4 rings (SSSR count). The van der Waals surface area contributed by atoms with Crippen molar-refractivity contribution in [3.63, 3.8) is 0 Å². The van der Waals surface area contributed by atoms with Gasteiger partial charge in [0.1, 0.15) is 6.10 Å². The topological polar surface area (TPSA) is 68.7 Å². The van der Waals surface area contributed by atoms with Crippen LogP contribution in [0.4, 0.5) is 0 Å². The van der Waals surface area contributed by atoms with Crippen molar-refractivity contribution in [2.75, 3.05) is 7.05 Å². The Bertz CT molecular complexity index is 1120. The number of amides is 1. The Balaban J connectivity index is 1.78. The van der Waals surface area contributed by atoms with Crippen molar-refractivity contribution in [2.45, 2.75) is 31.3 Å². The van der Waals surface area contributed by atoms with Crippen molar-refractivity contribution in [3.8, 4) is 0 Å². The molecular weight excluding hydrogens is 463 g/mol. The van der Waals surface area contributed by atoms with Gasteiger partial charge in [-0.3, -0.25) is 14.6 Å². The quantitative estimate of drug-likeness (QED) is 0.457. The first kappa shape index (κ1) is 23.2. The molecule has 2 heterocycles. The summed E-state index contributed by atoms with van der Waals surface area (Å²) in [6.45, 7) is 1.30. The number of aromatic nitrogens is 1. The van der Waals surface area contributed by atoms with Gasteiger partial charge in [-0.15, -0.1) is 0 Å². The summed E-state index contributed by atoms with van der Waals surface area (Å²) in [6.07, 6.45) is 0.634. The minimum atomic E-state index is -1.05. The minimum absolute atomic E-state index is 0.303. The molecule has 6 nitrogen and oxygen atoms in total. The first-order chi connectivity index (χ1) is 15.8. The fraction of sp³-hybridized carbons (Fsp3) is 0.240. The van der Waals surface area contributed by atoms with E-state index in [1.807, 2.05) is 24.3 Å². The molecule has 0 bridgehead atoms. The summed E-state index contributed by atoms with van der Waals surface area (Å²) in [6, 6.07) is 17.5. The number of carbonyl (C=O) groups excluding carboxylic acids is 2. The summed E-state index contributed by atoms with van der Waals surface area (Å²) in [5.74, 6) is -0.818. The Morgan fingerprint density at radius 1 is 0.970 bits per heavy atom. The highest BCUT2D eigenvalue weighted by atomic mass is 35.5. The van der Waals surface area contributed by atoms with Crippen LogP contribution in [0.15, 0.2) is 73.1 Å². The molecule has 8 heteroatoms. The molecular formula is C25H22Cl2N2O4. The molecule has 0 aliphatic carbocycles. The molecule has 3 aromatic rings. The first-order valence-corrected chi connectivity index (χ1v) is 11.1. The maximum absolute atomic E-state index is 13.6. The van der Waals surface area contributed by atoms with E-state index < -0.39 is 30.3 Å². The molecule has 0 radical (unpaired) electrons. The molecule has 1 fully saturated rings. The number of benzene rings is 2. The number of pyridine rings is 1. The van der Waals surface area contributed by atoms with Crippen LogP contribution in [0, 0.1) is 0 Å². The molecule has 1 amide bonds. The third-order valence-corrected chi connectivity index (χ3v) is 6.10. The zero-order valence-corrected chi connectivity index (χ0v) is 19.5. The lowest BCUT2D eigenvalue weighted by Crippen LogP contribution is -2.51. The standard InChI is InChI=1S/C25H22Cl2N2O4/c1-15(30)32-23(18-11-13-28-14-12-18)24-25(31)29(2)21(16-3-7-19(26)8-4-16)22(33-24)17-5-9-20(27)10-6-17/h3-14,21-24H,1-2H3. The normalized spacial score (nSPS) is 21.5.